The molecular formula is C26H16N2O4S2. The molecule has 2 aliphatic heterocycles. The van der Waals surface area contributed by atoms with E-state index in [-0.39, 0.29) is 23.6 Å². The van der Waals surface area contributed by atoms with Crippen LogP contribution in [0.25, 0.3) is 30.6 Å². The fourth-order valence-electron chi connectivity index (χ4n) is 4.28. The molecule has 0 atom stereocenters. The van der Waals surface area contributed by atoms with Crippen molar-refractivity contribution < 1.29 is 19.2 Å². The average Bonchev–Trinajstić information content (AvgIpc) is 3.62. The third-order valence-electron chi connectivity index (χ3n) is 6.20. The van der Waals surface area contributed by atoms with Crippen LogP contribution >= 0.6 is 22.7 Å². The number of amides is 4. The summed E-state index contributed by atoms with van der Waals surface area (Å²) >= 11 is 3.22. The van der Waals surface area contributed by atoms with Crippen molar-refractivity contribution in [2.75, 3.05) is 14.1 Å². The summed E-state index contributed by atoms with van der Waals surface area (Å²) in [6.45, 7) is 0. The SMILES string of the molecule is CN1C(=O)c2ccc(-c3ccc(-c4ccc(-c5ccc6c(c5)C(=O)N(C)C6=O)s4)s3)cc2C1=O. The van der Waals surface area contributed by atoms with Gasteiger partial charge in [0, 0.05) is 33.6 Å². The van der Waals surface area contributed by atoms with Gasteiger partial charge in [-0.15, -0.1) is 22.7 Å². The number of carbonyl (C=O) groups excluding carboxylic acids is 4. The zero-order valence-corrected chi connectivity index (χ0v) is 19.8. The van der Waals surface area contributed by atoms with Crippen LogP contribution in [0, 0.1) is 0 Å². The van der Waals surface area contributed by atoms with Gasteiger partial charge in [0.1, 0.15) is 0 Å². The molecule has 34 heavy (non-hydrogen) atoms. The topological polar surface area (TPSA) is 74.8 Å². The van der Waals surface area contributed by atoms with Gasteiger partial charge in [0.05, 0.1) is 22.3 Å². The minimum Gasteiger partial charge on any atom is -0.277 e. The Morgan fingerprint density at radius 1 is 0.471 bits per heavy atom. The van der Waals surface area contributed by atoms with Gasteiger partial charge in [-0.05, 0) is 59.7 Å². The first kappa shape index (κ1) is 20.7. The third-order valence-corrected chi connectivity index (χ3v) is 8.67. The smallest absolute Gasteiger partial charge is 0.261 e. The highest BCUT2D eigenvalue weighted by Gasteiger charge is 2.34. The van der Waals surface area contributed by atoms with Crippen molar-refractivity contribution in [3.05, 3.63) is 82.9 Å². The molecule has 0 aliphatic carbocycles. The predicted molar refractivity (Wildman–Crippen MR) is 131 cm³/mol. The molecule has 2 aliphatic rings. The summed E-state index contributed by atoms with van der Waals surface area (Å²) in [5.41, 5.74) is 3.55. The van der Waals surface area contributed by atoms with Crippen LogP contribution < -0.4 is 0 Å². The second-order valence-corrected chi connectivity index (χ2v) is 10.4. The van der Waals surface area contributed by atoms with E-state index >= 15 is 0 Å². The van der Waals surface area contributed by atoms with Crippen LogP contribution in [0.2, 0.25) is 0 Å². The van der Waals surface area contributed by atoms with Crippen LogP contribution in [0.15, 0.2) is 60.7 Å². The molecule has 0 saturated heterocycles. The number of rotatable bonds is 3. The molecule has 0 bridgehead atoms. The number of imide groups is 2. The van der Waals surface area contributed by atoms with Gasteiger partial charge < -0.3 is 0 Å². The van der Waals surface area contributed by atoms with E-state index in [0.717, 1.165) is 40.4 Å². The van der Waals surface area contributed by atoms with E-state index < -0.39 is 0 Å². The summed E-state index contributed by atoms with van der Waals surface area (Å²) in [4.78, 5) is 55.5. The molecule has 4 aromatic rings. The van der Waals surface area contributed by atoms with Crippen LogP contribution in [0.5, 0.6) is 0 Å². The van der Waals surface area contributed by atoms with E-state index in [1.807, 2.05) is 36.4 Å². The normalized spacial score (nSPS) is 14.9. The molecule has 0 N–H and O–H groups in total. The van der Waals surface area contributed by atoms with Gasteiger partial charge >= 0.3 is 0 Å². The Morgan fingerprint density at radius 3 is 1.24 bits per heavy atom. The second kappa shape index (κ2) is 7.31. The predicted octanol–water partition coefficient (Wildman–Crippen LogP) is 5.26. The Balaban J connectivity index is 1.30. The highest BCUT2D eigenvalue weighted by Crippen LogP contribution is 2.41. The number of carbonyl (C=O) groups is 4. The third kappa shape index (κ3) is 2.92. The van der Waals surface area contributed by atoms with Gasteiger partial charge in [-0.2, -0.15) is 0 Å². The van der Waals surface area contributed by atoms with Crippen molar-refractivity contribution in [3.63, 3.8) is 0 Å². The first-order valence-corrected chi connectivity index (χ1v) is 12.1. The van der Waals surface area contributed by atoms with Crippen LogP contribution in [-0.4, -0.2) is 47.5 Å². The minimum absolute atomic E-state index is 0.270. The largest absolute Gasteiger partial charge is 0.277 e. The lowest BCUT2D eigenvalue weighted by molar-refractivity contribution is 0.0678. The molecule has 0 radical (unpaired) electrons. The number of fused-ring (bicyclic) bond motifs is 2. The van der Waals surface area contributed by atoms with Gasteiger partial charge in [-0.25, -0.2) is 0 Å². The van der Waals surface area contributed by atoms with Crippen molar-refractivity contribution >= 4 is 46.3 Å². The second-order valence-electron chi connectivity index (χ2n) is 8.19. The maximum atomic E-state index is 12.3. The first-order chi connectivity index (χ1) is 16.3. The minimum atomic E-state index is -0.276. The van der Waals surface area contributed by atoms with E-state index in [1.54, 1.807) is 46.9 Å². The Bertz CT molecular complexity index is 1460. The molecule has 2 aromatic heterocycles. The molecule has 166 valence electrons. The lowest BCUT2D eigenvalue weighted by Crippen LogP contribution is -2.24. The molecule has 2 aromatic carbocycles. The average molecular weight is 485 g/mol. The van der Waals surface area contributed by atoms with Gasteiger partial charge in [-0.3, -0.25) is 29.0 Å². The number of benzene rings is 2. The van der Waals surface area contributed by atoms with Crippen molar-refractivity contribution in [1.82, 2.24) is 9.80 Å². The van der Waals surface area contributed by atoms with Gasteiger partial charge in [0.15, 0.2) is 0 Å². The molecular weight excluding hydrogens is 468 g/mol. The number of thiophene rings is 2. The lowest BCUT2D eigenvalue weighted by atomic mass is 10.0. The van der Waals surface area contributed by atoms with Crippen LogP contribution in [0.4, 0.5) is 0 Å². The zero-order chi connectivity index (χ0) is 23.7. The molecule has 6 rings (SSSR count). The van der Waals surface area contributed by atoms with Crippen LogP contribution in [0.3, 0.4) is 0 Å². The fourth-order valence-corrected chi connectivity index (χ4v) is 6.38. The zero-order valence-electron chi connectivity index (χ0n) is 18.1. The van der Waals surface area contributed by atoms with Gasteiger partial charge in [-0.1, -0.05) is 12.1 Å². The molecule has 0 unspecified atom stereocenters. The Hall–Kier alpha value is -3.88. The lowest BCUT2D eigenvalue weighted by Gasteiger charge is -2.02. The standard InChI is InChI=1S/C26H16N2O4S2/c1-27-23(29)15-5-3-13(11-17(15)25(27)31)19-7-9-21(33-19)22-10-8-20(34-22)14-4-6-16-18(12-14)26(32)28(2)24(16)30/h3-12H,1-2H3. The Morgan fingerprint density at radius 2 is 0.824 bits per heavy atom. The Kier molecular flexibility index (Phi) is 4.45. The van der Waals surface area contributed by atoms with Crippen molar-refractivity contribution in [2.45, 2.75) is 0 Å². The van der Waals surface area contributed by atoms with Gasteiger partial charge in [0.25, 0.3) is 23.6 Å². The maximum Gasteiger partial charge on any atom is 0.261 e. The highest BCUT2D eigenvalue weighted by molar-refractivity contribution is 7.25. The summed E-state index contributed by atoms with van der Waals surface area (Å²) in [5, 5.41) is 0. The molecule has 0 fully saturated rings. The van der Waals surface area contributed by atoms with E-state index in [9.17, 15) is 19.2 Å². The van der Waals surface area contributed by atoms with Crippen LogP contribution in [0.1, 0.15) is 41.4 Å². The summed E-state index contributed by atoms with van der Waals surface area (Å²) in [6.07, 6.45) is 0. The Labute approximate surface area is 202 Å². The highest BCUT2D eigenvalue weighted by atomic mass is 32.1. The number of nitrogens with zero attached hydrogens (tertiary/aromatic N) is 2. The van der Waals surface area contributed by atoms with E-state index in [2.05, 4.69) is 0 Å². The summed E-state index contributed by atoms with van der Waals surface area (Å²) < 4.78 is 0. The maximum absolute atomic E-state index is 12.3. The van der Waals surface area contributed by atoms with Gasteiger partial charge in [0.2, 0.25) is 0 Å². The molecule has 0 saturated carbocycles. The summed E-state index contributed by atoms with van der Waals surface area (Å²) in [6, 6.07) is 18.9. The van der Waals surface area contributed by atoms with E-state index in [0.29, 0.717) is 22.3 Å². The number of hydrogen-bond acceptors (Lipinski definition) is 6. The fraction of sp³-hybridized carbons (Fsp3) is 0.0769. The van der Waals surface area contributed by atoms with E-state index in [4.69, 9.17) is 0 Å². The molecule has 6 nitrogen and oxygen atoms in total. The van der Waals surface area contributed by atoms with E-state index in [1.165, 1.54) is 14.1 Å². The summed E-state index contributed by atoms with van der Waals surface area (Å²) in [7, 11) is 2.99. The van der Waals surface area contributed by atoms with Crippen molar-refractivity contribution in [1.29, 1.82) is 0 Å². The monoisotopic (exact) mass is 484 g/mol. The van der Waals surface area contributed by atoms with Crippen LogP contribution in [-0.2, 0) is 0 Å². The quantitative estimate of drug-likeness (QED) is 0.372. The molecule has 8 heteroatoms. The van der Waals surface area contributed by atoms with Crippen molar-refractivity contribution in [2.24, 2.45) is 0 Å². The summed E-state index contributed by atoms with van der Waals surface area (Å²) in [5.74, 6) is -1.09. The first-order valence-electron chi connectivity index (χ1n) is 10.5. The molecule has 4 heterocycles. The molecule has 0 spiro atoms. The number of hydrogen-bond donors (Lipinski definition) is 0. The molecule has 4 amide bonds. The van der Waals surface area contributed by atoms with Crippen molar-refractivity contribution in [3.8, 4) is 30.6 Å².